The molecule has 0 saturated heterocycles. The van der Waals surface area contributed by atoms with E-state index < -0.39 is 57.8 Å². The van der Waals surface area contributed by atoms with E-state index in [4.69, 9.17) is 23.3 Å². The second-order valence-corrected chi connectivity index (χ2v) is 20.5. The summed E-state index contributed by atoms with van der Waals surface area (Å²) in [6.45, 7) is 4.52. The number of rotatable bonds is 53. The molecule has 2 N–H and O–H groups in total. The van der Waals surface area contributed by atoms with Crippen LogP contribution < -0.4 is 0 Å². The zero-order chi connectivity index (χ0) is 51.3. The maximum Gasteiger partial charge on any atom is 0.472 e. The van der Waals surface area contributed by atoms with Gasteiger partial charge in [0.15, 0.2) is 6.10 Å². The van der Waals surface area contributed by atoms with E-state index in [0.29, 0.717) is 19.3 Å². The summed E-state index contributed by atoms with van der Waals surface area (Å²) in [7, 11) is -4.75. The number of hydrogen-bond donors (Lipinski definition) is 2. The summed E-state index contributed by atoms with van der Waals surface area (Å²) >= 11 is 0. The number of phosphoric acid groups is 1. The number of hydrogen-bond acceptors (Lipinski definition) is 10. The van der Waals surface area contributed by atoms with E-state index in [-0.39, 0.29) is 25.9 Å². The number of unbranched alkanes of at least 4 members (excludes halogenated alkanes) is 28. The number of carbonyl (C=O) groups is 3. The molecule has 0 radical (unpaired) electrons. The minimum atomic E-state index is -4.75. The van der Waals surface area contributed by atoms with Crippen molar-refractivity contribution < 1.29 is 52.2 Å². The van der Waals surface area contributed by atoms with Gasteiger partial charge in [0.2, 0.25) is 0 Å². The molecule has 0 aromatic carbocycles. The number of carbonyl (C=O) groups excluding carboxylic acids is 3. The number of allylic oxidation sites excluding steroid dienone is 8. The van der Waals surface area contributed by atoms with Gasteiger partial charge < -0.3 is 24.2 Å². The minimum Gasteiger partial charge on any atom is -0.462 e. The van der Waals surface area contributed by atoms with Crippen molar-refractivity contribution in [1.29, 1.82) is 0 Å². The molecule has 0 spiro atoms. The van der Waals surface area contributed by atoms with Gasteiger partial charge in [0.1, 0.15) is 12.7 Å². The van der Waals surface area contributed by atoms with Crippen LogP contribution in [0.1, 0.15) is 265 Å². The molecule has 408 valence electrons. The predicted octanol–water partition coefficient (Wildman–Crippen LogP) is 16.6. The van der Waals surface area contributed by atoms with Gasteiger partial charge in [-0.25, -0.2) is 4.57 Å². The molecule has 11 nitrogen and oxygen atoms in total. The van der Waals surface area contributed by atoms with Crippen molar-refractivity contribution in [3.63, 3.8) is 0 Å². The maximum absolute atomic E-state index is 12.9. The monoisotopic (exact) mass is 1010 g/mol. The van der Waals surface area contributed by atoms with Crippen LogP contribution in [0.5, 0.6) is 0 Å². The molecule has 0 aliphatic carbocycles. The Labute approximate surface area is 428 Å². The molecule has 0 fully saturated rings. The van der Waals surface area contributed by atoms with Crippen LogP contribution >= 0.6 is 7.82 Å². The second kappa shape index (κ2) is 52.8. The van der Waals surface area contributed by atoms with Crippen LogP contribution in [0.25, 0.3) is 0 Å². The lowest BCUT2D eigenvalue weighted by Crippen LogP contribution is -2.30. The van der Waals surface area contributed by atoms with Gasteiger partial charge in [-0.2, -0.15) is 0 Å². The fraction of sp³-hybridized carbons (Fsp3) is 0.810. The number of esters is 3. The van der Waals surface area contributed by atoms with E-state index in [1.54, 1.807) is 0 Å². The van der Waals surface area contributed by atoms with E-state index in [9.17, 15) is 28.9 Å². The third kappa shape index (κ3) is 50.4. The molecule has 0 saturated carbocycles. The van der Waals surface area contributed by atoms with Gasteiger partial charge in [-0.15, -0.1) is 0 Å². The summed E-state index contributed by atoms with van der Waals surface area (Å²) in [4.78, 5) is 48.5. The van der Waals surface area contributed by atoms with E-state index in [2.05, 4.69) is 69.4 Å². The number of ether oxygens (including phenoxy) is 3. The first-order valence-electron chi connectivity index (χ1n) is 28.5. The summed E-state index contributed by atoms with van der Waals surface area (Å²) in [6.07, 6.45) is 54.9. The Bertz CT molecular complexity index is 1360. The first kappa shape index (κ1) is 67.4. The number of aliphatic hydroxyl groups is 1. The van der Waals surface area contributed by atoms with Gasteiger partial charge in [-0.3, -0.25) is 23.4 Å². The molecule has 0 bridgehead atoms. The molecule has 0 aromatic rings. The van der Waals surface area contributed by atoms with E-state index >= 15 is 0 Å². The third-order valence-electron chi connectivity index (χ3n) is 12.2. The molecule has 0 rings (SSSR count). The average molecular weight is 1010 g/mol. The van der Waals surface area contributed by atoms with Crippen molar-refractivity contribution in [3.8, 4) is 0 Å². The highest BCUT2D eigenvalue weighted by molar-refractivity contribution is 7.47. The topological polar surface area (TPSA) is 155 Å². The van der Waals surface area contributed by atoms with Gasteiger partial charge in [0.25, 0.3) is 0 Å². The minimum absolute atomic E-state index is 0.150. The molecule has 3 atom stereocenters. The van der Waals surface area contributed by atoms with Crippen molar-refractivity contribution in [3.05, 3.63) is 48.6 Å². The van der Waals surface area contributed by atoms with Crippen molar-refractivity contribution in [2.45, 2.75) is 277 Å². The summed E-state index contributed by atoms with van der Waals surface area (Å²) in [5.74, 6) is -1.48. The van der Waals surface area contributed by atoms with Crippen LogP contribution in [-0.4, -0.2) is 66.5 Å². The van der Waals surface area contributed by atoms with Gasteiger partial charge in [0.05, 0.1) is 19.8 Å². The Morgan fingerprint density at radius 3 is 1.16 bits per heavy atom. The van der Waals surface area contributed by atoms with Crippen molar-refractivity contribution in [2.75, 3.05) is 26.4 Å². The van der Waals surface area contributed by atoms with Crippen LogP contribution in [0, 0.1) is 0 Å². The van der Waals surface area contributed by atoms with E-state index in [1.807, 2.05) is 0 Å². The highest BCUT2D eigenvalue weighted by Gasteiger charge is 2.28. The molecule has 0 aliphatic rings. The lowest BCUT2D eigenvalue weighted by atomic mass is 10.0. The fourth-order valence-corrected chi connectivity index (χ4v) is 8.68. The number of phosphoric ester groups is 1. The maximum atomic E-state index is 12.9. The summed E-state index contributed by atoms with van der Waals surface area (Å²) in [6, 6.07) is 0. The van der Waals surface area contributed by atoms with Gasteiger partial charge >= 0.3 is 25.7 Å². The second-order valence-electron chi connectivity index (χ2n) is 19.1. The van der Waals surface area contributed by atoms with Gasteiger partial charge in [-0.05, 0) is 77.0 Å². The smallest absolute Gasteiger partial charge is 0.462 e. The molecule has 0 heterocycles. The molecule has 0 amide bonds. The van der Waals surface area contributed by atoms with Crippen LogP contribution in [0.2, 0.25) is 0 Å². The molecule has 12 heteroatoms. The first-order valence-corrected chi connectivity index (χ1v) is 30.0. The van der Waals surface area contributed by atoms with Crippen molar-refractivity contribution >= 4 is 25.7 Å². The van der Waals surface area contributed by atoms with Gasteiger partial charge in [-0.1, -0.05) is 217 Å². The fourth-order valence-electron chi connectivity index (χ4n) is 7.90. The first-order chi connectivity index (χ1) is 34.2. The Morgan fingerprint density at radius 1 is 0.414 bits per heavy atom. The zero-order valence-corrected chi connectivity index (χ0v) is 45.9. The normalized spacial score (nSPS) is 13.7. The Balaban J connectivity index is 4.72. The molecular formula is C58H105O11P. The van der Waals surface area contributed by atoms with E-state index in [1.165, 1.54) is 96.3 Å². The van der Waals surface area contributed by atoms with Crippen molar-refractivity contribution in [2.24, 2.45) is 0 Å². The summed E-state index contributed by atoms with van der Waals surface area (Å²) < 4.78 is 39.5. The quantitative estimate of drug-likeness (QED) is 0.0197. The Kier molecular flexibility index (Phi) is 50.8. The summed E-state index contributed by atoms with van der Waals surface area (Å²) in [5, 5.41) is 9.80. The van der Waals surface area contributed by atoms with Crippen LogP contribution in [0.4, 0.5) is 0 Å². The lowest BCUT2D eigenvalue weighted by Gasteiger charge is -2.21. The third-order valence-corrected chi connectivity index (χ3v) is 13.2. The van der Waals surface area contributed by atoms with Crippen LogP contribution in [0.15, 0.2) is 48.6 Å². The predicted molar refractivity (Wildman–Crippen MR) is 289 cm³/mol. The zero-order valence-electron chi connectivity index (χ0n) is 45.0. The summed E-state index contributed by atoms with van der Waals surface area (Å²) in [5.41, 5.74) is 0. The van der Waals surface area contributed by atoms with Crippen LogP contribution in [-0.2, 0) is 42.2 Å². The highest BCUT2D eigenvalue weighted by Crippen LogP contribution is 2.43. The molecule has 0 aliphatic heterocycles. The average Bonchev–Trinajstić information content (AvgIpc) is 3.35. The largest absolute Gasteiger partial charge is 0.472 e. The molecule has 3 unspecified atom stereocenters. The SMILES string of the molecule is CC/C=C\C/C=C\C/C=C\CCCCCCCC(=O)OC(COC(=O)CCCCCCCCCCCCCCC)COP(=O)(O)OCC(CO)OC(=O)CCCCCCC/C=C\CCCCCCCC. The lowest BCUT2D eigenvalue weighted by molar-refractivity contribution is -0.161. The number of aliphatic hydroxyl groups excluding tert-OH is 1. The highest BCUT2D eigenvalue weighted by atomic mass is 31.2. The standard InChI is InChI=1S/C58H105O11P/c1-4-7-10-13-16-19-22-25-27-30-33-36-39-42-45-48-57(61)68-54(50-59)52-66-70(63,64)67-53-55(51-65-56(60)47-44-41-38-35-32-29-24-21-18-15-12-9-6-3)69-58(62)49-46-43-40-37-34-31-28-26-23-20-17-14-11-8-5-2/h8,11,17,20,25-28,54-55,59H,4-7,9-10,12-16,18-19,21-24,29-53H2,1-3H3,(H,63,64)/b11-8-,20-17-,27-25-,28-26-. The Morgan fingerprint density at radius 2 is 0.743 bits per heavy atom. The Hall–Kier alpha value is -2.56. The van der Waals surface area contributed by atoms with Gasteiger partial charge in [0, 0.05) is 19.3 Å². The van der Waals surface area contributed by atoms with Crippen LogP contribution in [0.3, 0.4) is 0 Å². The van der Waals surface area contributed by atoms with E-state index in [0.717, 1.165) is 109 Å². The molecule has 0 aromatic heterocycles. The molecular weight excluding hydrogens is 904 g/mol. The molecule has 70 heavy (non-hydrogen) atoms. The van der Waals surface area contributed by atoms with Crippen molar-refractivity contribution in [1.82, 2.24) is 0 Å².